The molecule has 0 aromatic carbocycles. The van der Waals surface area contributed by atoms with Gasteiger partial charge in [0.2, 0.25) is 0 Å². The summed E-state index contributed by atoms with van der Waals surface area (Å²) in [6.45, 7) is 7.79. The number of piperidine rings is 1. The molecule has 3 rings (SSSR count). The number of carbonyl (C=O) groups is 1. The number of halogens is 3. The van der Waals surface area contributed by atoms with Gasteiger partial charge < -0.3 is 14.8 Å². The number of methoxy groups -OCH3 is 1. The van der Waals surface area contributed by atoms with Crippen LogP contribution in [-0.4, -0.2) is 87.4 Å². The van der Waals surface area contributed by atoms with E-state index in [9.17, 15) is 4.79 Å². The van der Waals surface area contributed by atoms with Crippen molar-refractivity contribution in [1.29, 1.82) is 0 Å². The van der Waals surface area contributed by atoms with E-state index in [4.69, 9.17) is 9.47 Å². The SMILES string of the molecule is COC(=O)CN1CCN(C2CCC(OCC3CCNCC3)CC2)CC1.Cl.Cl.Cl. The summed E-state index contributed by atoms with van der Waals surface area (Å²) in [5.41, 5.74) is 0. The number of esters is 1. The summed E-state index contributed by atoms with van der Waals surface area (Å²) in [6.07, 6.45) is 7.94. The van der Waals surface area contributed by atoms with Crippen LogP contribution in [-0.2, 0) is 14.3 Å². The van der Waals surface area contributed by atoms with Gasteiger partial charge in [-0.3, -0.25) is 14.6 Å². The lowest BCUT2D eigenvalue weighted by atomic mass is 9.91. The molecule has 168 valence electrons. The Morgan fingerprint density at radius 2 is 1.54 bits per heavy atom. The second-order valence-corrected chi connectivity index (χ2v) is 7.85. The minimum atomic E-state index is -0.125. The maximum Gasteiger partial charge on any atom is 0.319 e. The van der Waals surface area contributed by atoms with Gasteiger partial charge in [0, 0.05) is 38.8 Å². The Bertz CT molecular complexity index is 412. The van der Waals surface area contributed by atoms with Crippen LogP contribution in [0.4, 0.5) is 0 Å². The number of nitrogens with zero attached hydrogens (tertiary/aromatic N) is 2. The molecule has 0 aromatic rings. The first-order valence-corrected chi connectivity index (χ1v) is 10.1. The molecule has 0 spiro atoms. The first kappa shape index (κ1) is 28.2. The van der Waals surface area contributed by atoms with Crippen molar-refractivity contribution in [2.24, 2.45) is 5.92 Å². The van der Waals surface area contributed by atoms with Crippen LogP contribution < -0.4 is 5.32 Å². The zero-order chi connectivity index (χ0) is 17.5. The highest BCUT2D eigenvalue weighted by atomic mass is 35.5. The van der Waals surface area contributed by atoms with E-state index in [2.05, 4.69) is 15.1 Å². The molecule has 3 aliphatic rings. The standard InChI is InChI=1S/C19H35N3O3.3ClH/c1-24-19(23)14-21-10-12-22(13-11-21)17-2-4-18(5-3-17)25-15-16-6-8-20-9-7-16;;;/h16-18,20H,2-15H2,1H3;3*1H. The highest BCUT2D eigenvalue weighted by Gasteiger charge is 2.29. The van der Waals surface area contributed by atoms with Gasteiger partial charge in [-0.1, -0.05) is 0 Å². The molecular formula is C19H38Cl3N3O3. The van der Waals surface area contributed by atoms with Crippen LogP contribution in [0.2, 0.25) is 0 Å². The fraction of sp³-hybridized carbons (Fsp3) is 0.947. The third-order valence-corrected chi connectivity index (χ3v) is 6.17. The molecule has 0 atom stereocenters. The van der Waals surface area contributed by atoms with E-state index < -0.39 is 0 Å². The van der Waals surface area contributed by atoms with Crippen LogP contribution in [0.5, 0.6) is 0 Å². The number of hydrogen-bond donors (Lipinski definition) is 1. The Labute approximate surface area is 188 Å². The van der Waals surface area contributed by atoms with Gasteiger partial charge in [0.15, 0.2) is 0 Å². The van der Waals surface area contributed by atoms with Crippen LogP contribution in [0.3, 0.4) is 0 Å². The highest BCUT2D eigenvalue weighted by Crippen LogP contribution is 2.27. The van der Waals surface area contributed by atoms with Crippen LogP contribution in [0.25, 0.3) is 0 Å². The van der Waals surface area contributed by atoms with Crippen LogP contribution >= 0.6 is 37.2 Å². The van der Waals surface area contributed by atoms with Gasteiger partial charge in [-0.25, -0.2) is 0 Å². The van der Waals surface area contributed by atoms with Crippen LogP contribution in [0.1, 0.15) is 38.5 Å². The van der Waals surface area contributed by atoms with Gasteiger partial charge in [-0.05, 0) is 57.5 Å². The predicted octanol–water partition coefficient (Wildman–Crippen LogP) is 2.37. The van der Waals surface area contributed by atoms with E-state index in [1.54, 1.807) is 0 Å². The fourth-order valence-corrected chi connectivity index (χ4v) is 4.43. The van der Waals surface area contributed by atoms with Gasteiger partial charge in [0.25, 0.3) is 0 Å². The van der Waals surface area contributed by atoms with Crippen molar-refractivity contribution < 1.29 is 14.3 Å². The number of carbonyl (C=O) groups excluding carboxylic acids is 1. The van der Waals surface area contributed by atoms with Crippen molar-refractivity contribution >= 4 is 43.2 Å². The highest BCUT2D eigenvalue weighted by molar-refractivity contribution is 5.86. The average molecular weight is 463 g/mol. The molecule has 1 N–H and O–H groups in total. The largest absolute Gasteiger partial charge is 0.468 e. The number of ether oxygens (including phenoxy) is 2. The Morgan fingerprint density at radius 1 is 0.929 bits per heavy atom. The molecule has 3 fully saturated rings. The summed E-state index contributed by atoms with van der Waals surface area (Å²) < 4.78 is 11.0. The summed E-state index contributed by atoms with van der Waals surface area (Å²) in [4.78, 5) is 16.2. The Hall–Kier alpha value is 0.180. The van der Waals surface area contributed by atoms with Crippen molar-refractivity contribution in [2.75, 3.05) is 59.5 Å². The Morgan fingerprint density at radius 3 is 2.11 bits per heavy atom. The molecule has 1 aliphatic carbocycles. The molecule has 0 amide bonds. The maximum absolute atomic E-state index is 11.4. The van der Waals surface area contributed by atoms with Crippen LogP contribution in [0.15, 0.2) is 0 Å². The number of rotatable bonds is 6. The van der Waals surface area contributed by atoms with Crippen molar-refractivity contribution in [2.45, 2.75) is 50.7 Å². The summed E-state index contributed by atoms with van der Waals surface area (Å²) in [5, 5.41) is 3.42. The van der Waals surface area contributed by atoms with Gasteiger partial charge in [-0.2, -0.15) is 0 Å². The summed E-state index contributed by atoms with van der Waals surface area (Å²) in [7, 11) is 1.46. The monoisotopic (exact) mass is 461 g/mol. The third-order valence-electron chi connectivity index (χ3n) is 6.17. The van der Waals surface area contributed by atoms with Gasteiger partial charge >= 0.3 is 5.97 Å². The molecule has 6 nitrogen and oxygen atoms in total. The van der Waals surface area contributed by atoms with Crippen molar-refractivity contribution in [1.82, 2.24) is 15.1 Å². The molecule has 0 aromatic heterocycles. The van der Waals surface area contributed by atoms with E-state index in [0.717, 1.165) is 51.8 Å². The normalized spacial score (nSPS) is 27.0. The van der Waals surface area contributed by atoms with Crippen molar-refractivity contribution in [3.63, 3.8) is 0 Å². The first-order valence-electron chi connectivity index (χ1n) is 10.1. The van der Waals surface area contributed by atoms with Gasteiger partial charge in [0.1, 0.15) is 0 Å². The Kier molecular flexibility index (Phi) is 15.1. The Balaban J connectivity index is 0.00000243. The van der Waals surface area contributed by atoms with E-state index in [0.29, 0.717) is 18.7 Å². The molecule has 1 saturated carbocycles. The second kappa shape index (κ2) is 15.1. The summed E-state index contributed by atoms with van der Waals surface area (Å²) >= 11 is 0. The zero-order valence-electron chi connectivity index (χ0n) is 17.0. The summed E-state index contributed by atoms with van der Waals surface area (Å²) in [6, 6.07) is 0.707. The van der Waals surface area contributed by atoms with Gasteiger partial charge in [-0.15, -0.1) is 37.2 Å². The lowest BCUT2D eigenvalue weighted by molar-refractivity contribution is -0.142. The van der Waals surface area contributed by atoms with Gasteiger partial charge in [0.05, 0.1) is 19.8 Å². The molecule has 28 heavy (non-hydrogen) atoms. The quantitative estimate of drug-likeness (QED) is 0.612. The van der Waals surface area contributed by atoms with E-state index >= 15 is 0 Å². The molecular weight excluding hydrogens is 425 g/mol. The zero-order valence-corrected chi connectivity index (χ0v) is 19.4. The van der Waals surface area contributed by atoms with E-state index in [1.165, 1.54) is 45.6 Å². The van der Waals surface area contributed by atoms with E-state index in [1.807, 2.05) is 0 Å². The second-order valence-electron chi connectivity index (χ2n) is 7.85. The first-order chi connectivity index (χ1) is 12.2. The minimum Gasteiger partial charge on any atom is -0.468 e. The smallest absolute Gasteiger partial charge is 0.319 e. The summed E-state index contributed by atoms with van der Waals surface area (Å²) in [5.74, 6) is 0.640. The molecule has 9 heteroatoms. The lowest BCUT2D eigenvalue weighted by Crippen LogP contribution is -2.52. The fourth-order valence-electron chi connectivity index (χ4n) is 4.43. The molecule has 2 aliphatic heterocycles. The van der Waals surface area contributed by atoms with Crippen LogP contribution in [0, 0.1) is 5.92 Å². The third kappa shape index (κ3) is 8.90. The predicted molar refractivity (Wildman–Crippen MR) is 119 cm³/mol. The average Bonchev–Trinajstić information content (AvgIpc) is 2.68. The van der Waals surface area contributed by atoms with Crippen molar-refractivity contribution in [3.05, 3.63) is 0 Å². The number of nitrogens with one attached hydrogen (secondary N) is 1. The molecule has 2 saturated heterocycles. The number of hydrogen-bond acceptors (Lipinski definition) is 6. The minimum absolute atomic E-state index is 0. The lowest BCUT2D eigenvalue weighted by Gasteiger charge is -2.41. The molecule has 0 radical (unpaired) electrons. The molecule has 0 bridgehead atoms. The van der Waals surface area contributed by atoms with E-state index in [-0.39, 0.29) is 43.2 Å². The molecule has 0 unspecified atom stereocenters. The van der Waals surface area contributed by atoms with Crippen molar-refractivity contribution in [3.8, 4) is 0 Å². The number of piperazine rings is 1. The maximum atomic E-state index is 11.4. The molecule has 2 heterocycles. The topological polar surface area (TPSA) is 54.0 Å².